The molecule has 3 aromatic rings. The van der Waals surface area contributed by atoms with Crippen LogP contribution in [0.4, 0.5) is 0 Å². The Kier molecular flexibility index (Phi) is 4.78. The van der Waals surface area contributed by atoms with Crippen molar-refractivity contribution < 1.29 is 4.74 Å². The van der Waals surface area contributed by atoms with Crippen LogP contribution in [0.5, 0.6) is 0 Å². The number of rotatable bonds is 4. The van der Waals surface area contributed by atoms with Crippen LogP contribution in [0.1, 0.15) is 6.42 Å². The van der Waals surface area contributed by atoms with Crippen molar-refractivity contribution in [1.82, 2.24) is 0 Å². The third-order valence-electron chi connectivity index (χ3n) is 4.80. The molecule has 1 nitrogen and oxygen atoms in total. The largest absolute Gasteiger partial charge is 0.377 e. The van der Waals surface area contributed by atoms with Crippen molar-refractivity contribution in [2.75, 3.05) is 13.2 Å². The molecule has 0 N–H and O–H groups in total. The molecule has 0 saturated heterocycles. The Hall–Kier alpha value is -2.21. The minimum absolute atomic E-state index is 0.712. The van der Waals surface area contributed by atoms with Gasteiger partial charge in [-0.25, -0.2) is 0 Å². The summed E-state index contributed by atoms with van der Waals surface area (Å²) in [6.07, 6.45) is 3.32. The van der Waals surface area contributed by atoms with Crippen LogP contribution in [0, 0.1) is 0 Å². The minimum Gasteiger partial charge on any atom is -0.377 e. The zero-order valence-electron chi connectivity index (χ0n) is 14.2. The van der Waals surface area contributed by atoms with E-state index in [1.54, 1.807) is 0 Å². The molecule has 1 aliphatic rings. The molecule has 0 unspecified atom stereocenters. The zero-order chi connectivity index (χ0) is 17.0. The lowest BCUT2D eigenvalue weighted by Gasteiger charge is -2.31. The van der Waals surface area contributed by atoms with Crippen molar-refractivity contribution in [2.45, 2.75) is 6.42 Å². The molecule has 124 valence electrons. The van der Waals surface area contributed by atoms with Crippen molar-refractivity contribution >= 4 is 23.2 Å². The molecule has 0 radical (unpaired) electrons. The van der Waals surface area contributed by atoms with Crippen molar-refractivity contribution in [3.8, 4) is 0 Å². The van der Waals surface area contributed by atoms with Crippen molar-refractivity contribution in [3.05, 3.63) is 102 Å². The van der Waals surface area contributed by atoms with E-state index in [9.17, 15) is 0 Å². The van der Waals surface area contributed by atoms with E-state index < -0.39 is 7.26 Å². The summed E-state index contributed by atoms with van der Waals surface area (Å²) < 4.78 is 5.64. The highest BCUT2D eigenvalue weighted by Gasteiger charge is 2.49. The summed E-state index contributed by atoms with van der Waals surface area (Å²) in [5.74, 6) is 0. The molecule has 3 aromatic carbocycles. The number of benzene rings is 3. The Balaban J connectivity index is 2.06. The maximum Gasteiger partial charge on any atom is 0.139 e. The molecule has 0 fully saturated rings. The van der Waals surface area contributed by atoms with Gasteiger partial charge in [-0.3, -0.25) is 0 Å². The van der Waals surface area contributed by atoms with Crippen LogP contribution in [-0.4, -0.2) is 13.2 Å². The quantitative estimate of drug-likeness (QED) is 0.641. The lowest BCUT2D eigenvalue weighted by molar-refractivity contribution is 0.157. The predicted octanol–water partition coefficient (Wildman–Crippen LogP) is 4.28. The highest BCUT2D eigenvalue weighted by molar-refractivity contribution is 7.99. The fourth-order valence-corrected chi connectivity index (χ4v) is 8.24. The minimum atomic E-state index is -1.85. The lowest BCUT2D eigenvalue weighted by Crippen LogP contribution is -2.33. The maximum atomic E-state index is 5.64. The molecular formula is C23H22OP+. The predicted molar refractivity (Wildman–Crippen MR) is 109 cm³/mol. The lowest BCUT2D eigenvalue weighted by atomic mass is 10.3. The van der Waals surface area contributed by atoms with Crippen LogP contribution in [0.3, 0.4) is 0 Å². The average molecular weight is 345 g/mol. The monoisotopic (exact) mass is 345 g/mol. The van der Waals surface area contributed by atoms with E-state index in [0.29, 0.717) is 6.61 Å². The van der Waals surface area contributed by atoms with Crippen LogP contribution < -0.4 is 15.9 Å². The first kappa shape index (κ1) is 16.3. The summed E-state index contributed by atoms with van der Waals surface area (Å²) >= 11 is 0. The number of hydrogen-bond donors (Lipinski definition) is 0. The van der Waals surface area contributed by atoms with E-state index in [1.165, 1.54) is 21.2 Å². The van der Waals surface area contributed by atoms with Gasteiger partial charge in [0.15, 0.2) is 0 Å². The summed E-state index contributed by atoms with van der Waals surface area (Å²) in [5.41, 5.74) is 0. The molecule has 0 saturated carbocycles. The third-order valence-corrected chi connectivity index (χ3v) is 9.29. The first-order chi connectivity index (χ1) is 12.4. The van der Waals surface area contributed by atoms with Crippen molar-refractivity contribution in [3.63, 3.8) is 0 Å². The average Bonchev–Trinajstić information content (AvgIpc) is 2.72. The second kappa shape index (κ2) is 7.35. The van der Waals surface area contributed by atoms with Crippen LogP contribution in [0.2, 0.25) is 0 Å². The normalized spacial score (nSPS) is 14.8. The van der Waals surface area contributed by atoms with Gasteiger partial charge in [0.05, 0.1) is 18.5 Å². The van der Waals surface area contributed by atoms with E-state index in [4.69, 9.17) is 4.74 Å². The highest BCUT2D eigenvalue weighted by Crippen LogP contribution is 2.63. The molecule has 0 atom stereocenters. The van der Waals surface area contributed by atoms with E-state index in [1.807, 2.05) is 0 Å². The summed E-state index contributed by atoms with van der Waals surface area (Å²) in [7, 11) is -1.85. The van der Waals surface area contributed by atoms with Crippen LogP contribution >= 0.6 is 7.26 Å². The van der Waals surface area contributed by atoms with Crippen LogP contribution in [0.15, 0.2) is 102 Å². The van der Waals surface area contributed by atoms with E-state index in [-0.39, 0.29) is 0 Å². The molecule has 1 heterocycles. The molecule has 0 aromatic heterocycles. The Bertz CT molecular complexity index is 744. The number of hydrogen-bond acceptors (Lipinski definition) is 1. The van der Waals surface area contributed by atoms with Gasteiger partial charge in [-0.1, -0.05) is 54.6 Å². The van der Waals surface area contributed by atoms with Gasteiger partial charge in [-0.2, -0.15) is 0 Å². The maximum absolute atomic E-state index is 5.64. The van der Waals surface area contributed by atoms with Gasteiger partial charge >= 0.3 is 0 Å². The molecule has 25 heavy (non-hydrogen) atoms. The SMILES string of the molecule is C1=C([P+](c2ccccc2)(c2ccccc2)c2ccccc2)CCOC1. The molecular weight excluding hydrogens is 323 g/mol. The Morgan fingerprint density at radius 2 is 1.04 bits per heavy atom. The molecule has 0 spiro atoms. The molecule has 1 aliphatic heterocycles. The van der Waals surface area contributed by atoms with Crippen LogP contribution in [-0.2, 0) is 4.74 Å². The van der Waals surface area contributed by atoms with E-state index >= 15 is 0 Å². The van der Waals surface area contributed by atoms with Crippen molar-refractivity contribution in [1.29, 1.82) is 0 Å². The van der Waals surface area contributed by atoms with Gasteiger partial charge in [0.2, 0.25) is 0 Å². The van der Waals surface area contributed by atoms with Gasteiger partial charge in [0.25, 0.3) is 0 Å². The zero-order valence-corrected chi connectivity index (χ0v) is 15.1. The van der Waals surface area contributed by atoms with E-state index in [2.05, 4.69) is 97.1 Å². The summed E-state index contributed by atoms with van der Waals surface area (Å²) in [6.45, 7) is 1.52. The van der Waals surface area contributed by atoms with Gasteiger partial charge in [0, 0.05) is 6.42 Å². The Morgan fingerprint density at radius 3 is 1.40 bits per heavy atom. The topological polar surface area (TPSA) is 9.23 Å². The molecule has 0 bridgehead atoms. The summed E-state index contributed by atoms with van der Waals surface area (Å²) in [4.78, 5) is 0. The highest BCUT2D eigenvalue weighted by atomic mass is 31.2. The Labute approximate surface area is 150 Å². The summed E-state index contributed by atoms with van der Waals surface area (Å²) in [5, 5.41) is 5.78. The van der Waals surface area contributed by atoms with Gasteiger partial charge < -0.3 is 4.74 Å². The molecule has 0 aliphatic carbocycles. The van der Waals surface area contributed by atoms with Crippen LogP contribution in [0.25, 0.3) is 0 Å². The third kappa shape index (κ3) is 2.95. The van der Waals surface area contributed by atoms with Crippen molar-refractivity contribution in [2.24, 2.45) is 0 Å². The number of ether oxygens (including phenoxy) is 1. The molecule has 4 rings (SSSR count). The second-order valence-electron chi connectivity index (χ2n) is 6.20. The fraction of sp³-hybridized carbons (Fsp3) is 0.130. The Morgan fingerprint density at radius 1 is 0.600 bits per heavy atom. The first-order valence-electron chi connectivity index (χ1n) is 8.75. The summed E-state index contributed by atoms with van der Waals surface area (Å²) in [6, 6.07) is 33.1. The van der Waals surface area contributed by atoms with Gasteiger partial charge in [-0.05, 0) is 42.5 Å². The van der Waals surface area contributed by atoms with Gasteiger partial charge in [-0.15, -0.1) is 0 Å². The van der Waals surface area contributed by atoms with E-state index in [0.717, 1.165) is 13.0 Å². The first-order valence-corrected chi connectivity index (χ1v) is 10.5. The molecule has 0 amide bonds. The van der Waals surface area contributed by atoms with Gasteiger partial charge in [0.1, 0.15) is 23.2 Å². The standard InChI is InChI=1S/C23H22OP/c1-4-10-20(11-5-1)25(21-12-6-2-7-13-21,22-14-8-3-9-15-22)23-16-18-24-19-17-23/h1-16H,17-19H2/q+1. The second-order valence-corrected chi connectivity index (χ2v) is 9.66. The smallest absolute Gasteiger partial charge is 0.139 e. The molecule has 2 heteroatoms. The fourth-order valence-electron chi connectivity index (χ4n) is 3.72.